The number of hydrogen-bond acceptors (Lipinski definition) is 2. The summed E-state index contributed by atoms with van der Waals surface area (Å²) in [7, 11) is 0. The molecule has 0 saturated heterocycles. The van der Waals surface area contributed by atoms with E-state index in [9.17, 15) is 4.79 Å². The quantitative estimate of drug-likeness (QED) is 0.553. The fraction of sp³-hybridized carbons (Fsp3) is 0. The minimum atomic E-state index is -0.615. The molecule has 0 aliphatic carbocycles. The van der Waals surface area contributed by atoms with Gasteiger partial charge in [0.1, 0.15) is 4.64 Å². The molecule has 1 heterocycles. The van der Waals surface area contributed by atoms with Crippen LogP contribution in [-0.2, 0) is 0 Å². The summed E-state index contributed by atoms with van der Waals surface area (Å²) in [5, 5.41) is 2.38. The molecular formula is C6H7N3OS. The molecule has 0 bridgehead atoms. The molecule has 0 aromatic carbocycles. The maximum Gasteiger partial charge on any atom is 0.316 e. The van der Waals surface area contributed by atoms with E-state index in [1.807, 2.05) is 0 Å². The highest BCUT2D eigenvalue weighted by Crippen LogP contribution is 2.04. The van der Waals surface area contributed by atoms with Gasteiger partial charge in [0, 0.05) is 6.20 Å². The number of nitrogens with two attached hydrogens (primary N) is 1. The molecule has 0 aliphatic rings. The summed E-state index contributed by atoms with van der Waals surface area (Å²) >= 11 is 4.84. The molecular weight excluding hydrogens is 162 g/mol. The molecule has 0 saturated carbocycles. The Balaban J connectivity index is 2.95. The first-order chi connectivity index (χ1) is 5.20. The summed E-state index contributed by atoms with van der Waals surface area (Å²) in [6, 6.07) is 2.78. The number of primary amides is 1. The van der Waals surface area contributed by atoms with Gasteiger partial charge in [0.15, 0.2) is 0 Å². The fourth-order valence-electron chi connectivity index (χ4n) is 0.653. The first-order valence-corrected chi connectivity index (χ1v) is 3.35. The predicted molar refractivity (Wildman–Crippen MR) is 44.8 cm³/mol. The van der Waals surface area contributed by atoms with Crippen LogP contribution in [0.5, 0.6) is 0 Å². The molecule has 58 valence electrons. The Labute approximate surface area is 68.4 Å². The summed E-state index contributed by atoms with van der Waals surface area (Å²) in [6.45, 7) is 0. The predicted octanol–water partition coefficient (Wildman–Crippen LogP) is 1.23. The van der Waals surface area contributed by atoms with E-state index in [-0.39, 0.29) is 0 Å². The van der Waals surface area contributed by atoms with Crippen molar-refractivity contribution in [1.29, 1.82) is 0 Å². The van der Waals surface area contributed by atoms with Crippen LogP contribution in [0.25, 0.3) is 0 Å². The lowest BCUT2D eigenvalue weighted by Gasteiger charge is -1.99. The van der Waals surface area contributed by atoms with Gasteiger partial charge in [0.2, 0.25) is 0 Å². The summed E-state index contributed by atoms with van der Waals surface area (Å²) in [4.78, 5) is 13.1. The second-order valence-electron chi connectivity index (χ2n) is 1.90. The zero-order chi connectivity index (χ0) is 8.27. The molecule has 0 aliphatic heterocycles. The van der Waals surface area contributed by atoms with E-state index >= 15 is 0 Å². The van der Waals surface area contributed by atoms with Gasteiger partial charge in [-0.3, -0.25) is 0 Å². The van der Waals surface area contributed by atoms with E-state index in [1.165, 1.54) is 0 Å². The van der Waals surface area contributed by atoms with E-state index < -0.39 is 6.03 Å². The molecule has 0 unspecified atom stereocenters. The molecule has 1 aromatic heterocycles. The molecule has 11 heavy (non-hydrogen) atoms. The van der Waals surface area contributed by atoms with Crippen molar-refractivity contribution in [2.24, 2.45) is 5.73 Å². The lowest BCUT2D eigenvalue weighted by molar-refractivity contribution is 0.259. The van der Waals surface area contributed by atoms with Crippen LogP contribution >= 0.6 is 12.2 Å². The van der Waals surface area contributed by atoms with Gasteiger partial charge in [-0.15, -0.1) is 0 Å². The summed E-state index contributed by atoms with van der Waals surface area (Å²) in [5.41, 5.74) is 5.41. The van der Waals surface area contributed by atoms with Gasteiger partial charge < -0.3 is 16.0 Å². The van der Waals surface area contributed by atoms with Gasteiger partial charge in [0.25, 0.3) is 0 Å². The van der Waals surface area contributed by atoms with Crippen LogP contribution in [0.1, 0.15) is 0 Å². The average Bonchev–Trinajstić information content (AvgIpc) is 1.93. The van der Waals surface area contributed by atoms with Gasteiger partial charge in [0.05, 0.1) is 5.69 Å². The third kappa shape index (κ3) is 2.05. The normalized spacial score (nSPS) is 9.09. The number of nitrogens with one attached hydrogen (secondary N) is 2. The number of aromatic nitrogens is 1. The molecule has 1 rings (SSSR count). The Bertz CT molecular complexity index is 320. The van der Waals surface area contributed by atoms with Crippen LogP contribution in [0.2, 0.25) is 0 Å². The largest absolute Gasteiger partial charge is 0.351 e. The number of carbonyl (C=O) groups is 1. The number of carbonyl (C=O) groups excluding carboxylic acids is 1. The Kier molecular flexibility index (Phi) is 2.22. The summed E-state index contributed by atoms with van der Waals surface area (Å²) < 4.78 is 0.464. The van der Waals surface area contributed by atoms with Crippen LogP contribution in [0.15, 0.2) is 18.3 Å². The van der Waals surface area contributed by atoms with Crippen LogP contribution < -0.4 is 11.1 Å². The SMILES string of the molecule is NC(=O)Nc1ccc[nH]c1=S. The molecule has 0 atom stereocenters. The lowest BCUT2D eigenvalue weighted by Crippen LogP contribution is -2.19. The Hall–Kier alpha value is -1.36. The molecule has 4 nitrogen and oxygen atoms in total. The van der Waals surface area contributed by atoms with Crippen molar-refractivity contribution in [3.63, 3.8) is 0 Å². The maximum absolute atomic E-state index is 10.4. The zero-order valence-electron chi connectivity index (χ0n) is 5.63. The van der Waals surface area contributed by atoms with Gasteiger partial charge in [-0.2, -0.15) is 0 Å². The topological polar surface area (TPSA) is 70.9 Å². The molecule has 0 fully saturated rings. The van der Waals surface area contributed by atoms with Gasteiger partial charge in [-0.25, -0.2) is 4.79 Å². The van der Waals surface area contributed by atoms with Crippen LogP contribution in [0, 0.1) is 4.64 Å². The van der Waals surface area contributed by atoms with Crippen LogP contribution in [0.4, 0.5) is 10.5 Å². The van der Waals surface area contributed by atoms with E-state index in [0.717, 1.165) is 0 Å². The van der Waals surface area contributed by atoms with Gasteiger partial charge >= 0.3 is 6.03 Å². The number of aromatic amines is 1. The smallest absolute Gasteiger partial charge is 0.316 e. The average molecular weight is 169 g/mol. The third-order valence-electron chi connectivity index (χ3n) is 1.08. The maximum atomic E-state index is 10.4. The fourth-order valence-corrected chi connectivity index (χ4v) is 0.840. The van der Waals surface area contributed by atoms with Gasteiger partial charge in [-0.1, -0.05) is 12.2 Å². The molecule has 2 amide bonds. The number of hydrogen-bond donors (Lipinski definition) is 3. The highest BCUT2D eigenvalue weighted by atomic mass is 32.1. The second-order valence-corrected chi connectivity index (χ2v) is 2.31. The Morgan fingerprint density at radius 1 is 1.73 bits per heavy atom. The number of pyridine rings is 1. The van der Waals surface area contributed by atoms with Crippen molar-refractivity contribution in [2.75, 3.05) is 5.32 Å². The second kappa shape index (κ2) is 3.16. The van der Waals surface area contributed by atoms with Crippen molar-refractivity contribution in [1.82, 2.24) is 4.98 Å². The van der Waals surface area contributed by atoms with E-state index in [1.54, 1.807) is 18.3 Å². The minimum Gasteiger partial charge on any atom is -0.351 e. The number of H-pyrrole nitrogens is 1. The van der Waals surface area contributed by atoms with E-state index in [4.69, 9.17) is 18.0 Å². The number of urea groups is 1. The highest BCUT2D eigenvalue weighted by molar-refractivity contribution is 7.71. The number of amides is 2. The minimum absolute atomic E-state index is 0.464. The first-order valence-electron chi connectivity index (χ1n) is 2.94. The lowest BCUT2D eigenvalue weighted by atomic mass is 10.4. The zero-order valence-corrected chi connectivity index (χ0v) is 6.44. The van der Waals surface area contributed by atoms with Crippen molar-refractivity contribution < 1.29 is 4.79 Å². The summed E-state index contributed by atoms with van der Waals surface area (Å²) in [5.74, 6) is 0. The number of anilines is 1. The molecule has 4 N–H and O–H groups in total. The first kappa shape index (κ1) is 7.74. The van der Waals surface area contributed by atoms with Crippen molar-refractivity contribution in [2.45, 2.75) is 0 Å². The molecule has 5 heteroatoms. The Morgan fingerprint density at radius 3 is 3.00 bits per heavy atom. The third-order valence-corrected chi connectivity index (χ3v) is 1.41. The standard InChI is InChI=1S/C6H7N3OS/c7-6(10)9-4-2-1-3-8-5(4)11/h1-3H,(H,8,11)(H3,7,9,10). The van der Waals surface area contributed by atoms with Crippen molar-refractivity contribution in [3.05, 3.63) is 23.0 Å². The molecule has 0 spiro atoms. The highest BCUT2D eigenvalue weighted by Gasteiger charge is 1.95. The van der Waals surface area contributed by atoms with Crippen molar-refractivity contribution >= 4 is 23.9 Å². The summed E-state index contributed by atoms with van der Waals surface area (Å²) in [6.07, 6.45) is 1.68. The van der Waals surface area contributed by atoms with E-state index in [2.05, 4.69) is 10.3 Å². The monoisotopic (exact) mass is 169 g/mol. The molecule has 0 radical (unpaired) electrons. The number of rotatable bonds is 1. The van der Waals surface area contributed by atoms with Gasteiger partial charge in [-0.05, 0) is 12.1 Å². The van der Waals surface area contributed by atoms with E-state index in [0.29, 0.717) is 10.3 Å². The van der Waals surface area contributed by atoms with Crippen molar-refractivity contribution in [3.8, 4) is 0 Å². The van der Waals surface area contributed by atoms with Crippen LogP contribution in [0.3, 0.4) is 0 Å². The Morgan fingerprint density at radius 2 is 2.45 bits per heavy atom. The van der Waals surface area contributed by atoms with Crippen LogP contribution in [-0.4, -0.2) is 11.0 Å². The molecule has 1 aromatic rings.